The molecule has 0 aromatic heterocycles. The molecule has 0 amide bonds. The molecule has 1 aromatic rings. The molecule has 0 saturated carbocycles. The molecule has 2 rings (SSSR count). The molecule has 3 heteroatoms. The van der Waals surface area contributed by atoms with Crippen molar-refractivity contribution in [1.29, 1.82) is 0 Å². The minimum absolute atomic E-state index is 0.0555. The Bertz CT molecular complexity index is 482. The van der Waals surface area contributed by atoms with Gasteiger partial charge in [-0.15, -0.1) is 0 Å². The number of benzene rings is 1. The number of esters is 1. The van der Waals surface area contributed by atoms with Gasteiger partial charge in [0, 0.05) is 6.42 Å². The van der Waals surface area contributed by atoms with Crippen LogP contribution in [0.5, 0.6) is 0 Å². The number of hydrogen-bond donors (Lipinski definition) is 1. The number of aryl methyl sites for hydroxylation is 1. The van der Waals surface area contributed by atoms with Gasteiger partial charge in [0.2, 0.25) is 0 Å². The first-order valence-corrected chi connectivity index (χ1v) is 7.99. The van der Waals surface area contributed by atoms with Crippen LogP contribution < -0.4 is 5.73 Å². The van der Waals surface area contributed by atoms with E-state index in [1.807, 2.05) is 6.07 Å². The fraction of sp³-hybridized carbons (Fsp3) is 0.611. The second-order valence-electron chi connectivity index (χ2n) is 6.77. The van der Waals surface area contributed by atoms with Crippen molar-refractivity contribution in [1.82, 2.24) is 0 Å². The van der Waals surface area contributed by atoms with E-state index in [2.05, 4.69) is 32.0 Å². The summed E-state index contributed by atoms with van der Waals surface area (Å²) in [4.78, 5) is 12.1. The summed E-state index contributed by atoms with van der Waals surface area (Å²) in [6, 6.07) is 8.30. The summed E-state index contributed by atoms with van der Waals surface area (Å²) in [5.74, 6) is -0.0817. The van der Waals surface area contributed by atoms with Gasteiger partial charge in [0.25, 0.3) is 0 Å². The summed E-state index contributed by atoms with van der Waals surface area (Å²) >= 11 is 0. The predicted octanol–water partition coefficient (Wildman–Crippen LogP) is 3.76. The molecule has 0 heterocycles. The zero-order valence-electron chi connectivity index (χ0n) is 13.2. The molecule has 0 spiro atoms. The second-order valence-corrected chi connectivity index (χ2v) is 6.77. The largest absolute Gasteiger partial charge is 0.457 e. The molecular formula is C18H27NO2. The lowest BCUT2D eigenvalue weighted by Crippen LogP contribution is -2.21. The first-order valence-electron chi connectivity index (χ1n) is 7.99. The third-order valence-corrected chi connectivity index (χ3v) is 4.42. The molecule has 0 fully saturated rings. The number of nitrogens with two attached hydrogens (primary N) is 1. The van der Waals surface area contributed by atoms with E-state index < -0.39 is 0 Å². The summed E-state index contributed by atoms with van der Waals surface area (Å²) < 4.78 is 5.72. The van der Waals surface area contributed by atoms with Crippen LogP contribution in [0.4, 0.5) is 0 Å². The SMILES string of the molecule is CC(C)(CCN)CCC(=O)OC1CCCc2ccccc21. The molecule has 21 heavy (non-hydrogen) atoms. The third kappa shape index (κ3) is 4.57. The number of rotatable bonds is 6. The van der Waals surface area contributed by atoms with Crippen LogP contribution in [0.1, 0.15) is 63.2 Å². The van der Waals surface area contributed by atoms with Crippen molar-refractivity contribution in [3.05, 3.63) is 35.4 Å². The Morgan fingerprint density at radius 3 is 2.86 bits per heavy atom. The van der Waals surface area contributed by atoms with Gasteiger partial charge in [-0.05, 0) is 55.2 Å². The van der Waals surface area contributed by atoms with E-state index in [0.717, 1.165) is 32.1 Å². The van der Waals surface area contributed by atoms with Crippen molar-refractivity contribution >= 4 is 5.97 Å². The van der Waals surface area contributed by atoms with Crippen LogP contribution in [0.2, 0.25) is 0 Å². The smallest absolute Gasteiger partial charge is 0.306 e. The molecular weight excluding hydrogens is 262 g/mol. The summed E-state index contributed by atoms with van der Waals surface area (Å²) in [6.07, 6.45) is 5.31. The topological polar surface area (TPSA) is 52.3 Å². The van der Waals surface area contributed by atoms with Crippen LogP contribution in [0, 0.1) is 5.41 Å². The maximum Gasteiger partial charge on any atom is 0.306 e. The van der Waals surface area contributed by atoms with E-state index in [-0.39, 0.29) is 17.5 Å². The lowest BCUT2D eigenvalue weighted by atomic mass is 9.84. The minimum Gasteiger partial charge on any atom is -0.457 e. The summed E-state index contributed by atoms with van der Waals surface area (Å²) in [5.41, 5.74) is 8.23. The van der Waals surface area contributed by atoms with Gasteiger partial charge in [-0.2, -0.15) is 0 Å². The summed E-state index contributed by atoms with van der Waals surface area (Å²) in [6.45, 7) is 4.98. The van der Waals surface area contributed by atoms with Crippen molar-refractivity contribution < 1.29 is 9.53 Å². The normalized spacial score (nSPS) is 18.1. The van der Waals surface area contributed by atoms with E-state index in [0.29, 0.717) is 13.0 Å². The van der Waals surface area contributed by atoms with Crippen molar-refractivity contribution in [3.8, 4) is 0 Å². The minimum atomic E-state index is -0.0817. The van der Waals surface area contributed by atoms with Crippen molar-refractivity contribution in [3.63, 3.8) is 0 Å². The lowest BCUT2D eigenvalue weighted by molar-refractivity contribution is -0.150. The Kier molecular flexibility index (Phi) is 5.40. The Hall–Kier alpha value is -1.35. The van der Waals surface area contributed by atoms with E-state index in [9.17, 15) is 4.79 Å². The zero-order chi connectivity index (χ0) is 15.3. The highest BCUT2D eigenvalue weighted by molar-refractivity contribution is 5.69. The van der Waals surface area contributed by atoms with Gasteiger partial charge in [-0.1, -0.05) is 38.1 Å². The number of fused-ring (bicyclic) bond motifs is 1. The maximum absolute atomic E-state index is 12.1. The lowest BCUT2D eigenvalue weighted by Gasteiger charge is -2.27. The maximum atomic E-state index is 12.1. The first kappa shape index (κ1) is 16.0. The van der Waals surface area contributed by atoms with Gasteiger partial charge in [0.05, 0.1) is 0 Å². The Morgan fingerprint density at radius 2 is 2.10 bits per heavy atom. The third-order valence-electron chi connectivity index (χ3n) is 4.42. The summed E-state index contributed by atoms with van der Waals surface area (Å²) in [5, 5.41) is 0. The van der Waals surface area contributed by atoms with Crippen LogP contribution in [0.25, 0.3) is 0 Å². The molecule has 0 radical (unpaired) electrons. The van der Waals surface area contributed by atoms with Gasteiger partial charge in [-0.25, -0.2) is 0 Å². The van der Waals surface area contributed by atoms with Crippen LogP contribution in [0.15, 0.2) is 24.3 Å². The fourth-order valence-corrected chi connectivity index (χ4v) is 3.01. The Balaban J connectivity index is 1.89. The highest BCUT2D eigenvalue weighted by Crippen LogP contribution is 2.33. The van der Waals surface area contributed by atoms with Crippen LogP contribution in [0.3, 0.4) is 0 Å². The van der Waals surface area contributed by atoms with E-state index in [1.54, 1.807) is 0 Å². The fourth-order valence-electron chi connectivity index (χ4n) is 3.01. The number of carbonyl (C=O) groups excluding carboxylic acids is 1. The quantitative estimate of drug-likeness (QED) is 0.811. The number of carbonyl (C=O) groups is 1. The van der Waals surface area contributed by atoms with Gasteiger partial charge in [0.1, 0.15) is 6.10 Å². The second kappa shape index (κ2) is 7.08. The average molecular weight is 289 g/mol. The van der Waals surface area contributed by atoms with E-state index >= 15 is 0 Å². The van der Waals surface area contributed by atoms with Crippen LogP contribution >= 0.6 is 0 Å². The van der Waals surface area contributed by atoms with E-state index in [1.165, 1.54) is 11.1 Å². The van der Waals surface area contributed by atoms with E-state index in [4.69, 9.17) is 10.5 Å². The molecule has 1 aliphatic rings. The van der Waals surface area contributed by atoms with Gasteiger partial charge < -0.3 is 10.5 Å². The Morgan fingerprint density at radius 1 is 1.33 bits per heavy atom. The Labute approximate surface area is 127 Å². The molecule has 2 N–H and O–H groups in total. The molecule has 1 atom stereocenters. The van der Waals surface area contributed by atoms with Crippen LogP contribution in [-0.2, 0) is 16.0 Å². The van der Waals surface area contributed by atoms with Gasteiger partial charge >= 0.3 is 5.97 Å². The monoisotopic (exact) mass is 289 g/mol. The summed E-state index contributed by atoms with van der Waals surface area (Å²) in [7, 11) is 0. The standard InChI is InChI=1S/C18H27NO2/c1-18(2,12-13-19)11-10-17(20)21-16-9-5-7-14-6-3-4-8-15(14)16/h3-4,6,8,16H,5,7,9-13,19H2,1-2H3. The molecule has 0 saturated heterocycles. The zero-order valence-corrected chi connectivity index (χ0v) is 13.2. The molecule has 1 aromatic carbocycles. The molecule has 0 aliphatic heterocycles. The number of hydrogen-bond acceptors (Lipinski definition) is 3. The number of ether oxygens (including phenoxy) is 1. The van der Waals surface area contributed by atoms with Gasteiger partial charge in [-0.3, -0.25) is 4.79 Å². The molecule has 1 unspecified atom stereocenters. The highest BCUT2D eigenvalue weighted by Gasteiger charge is 2.24. The molecule has 3 nitrogen and oxygen atoms in total. The van der Waals surface area contributed by atoms with Gasteiger partial charge in [0.15, 0.2) is 0 Å². The molecule has 1 aliphatic carbocycles. The average Bonchev–Trinajstić information content (AvgIpc) is 2.46. The molecule has 0 bridgehead atoms. The highest BCUT2D eigenvalue weighted by atomic mass is 16.5. The molecule has 116 valence electrons. The van der Waals surface area contributed by atoms with Crippen molar-refractivity contribution in [2.24, 2.45) is 11.1 Å². The first-order chi connectivity index (χ1) is 10.0. The van der Waals surface area contributed by atoms with Crippen LogP contribution in [-0.4, -0.2) is 12.5 Å². The predicted molar refractivity (Wildman–Crippen MR) is 84.9 cm³/mol. The van der Waals surface area contributed by atoms with Crippen molar-refractivity contribution in [2.75, 3.05) is 6.54 Å². The van der Waals surface area contributed by atoms with Crippen molar-refractivity contribution in [2.45, 2.75) is 58.5 Å².